The number of hydrogen-bond donors (Lipinski definition) is 0. The maximum atomic E-state index is 4.91. The van der Waals surface area contributed by atoms with Gasteiger partial charge in [0.1, 0.15) is 12.8 Å². The summed E-state index contributed by atoms with van der Waals surface area (Å²) >= 11 is 1.66. The fourth-order valence-electron chi connectivity index (χ4n) is 1.46. The monoisotopic (exact) mass is 231 g/mol. The number of thiophene rings is 1. The van der Waals surface area contributed by atoms with Gasteiger partial charge in [-0.3, -0.25) is 0 Å². The van der Waals surface area contributed by atoms with Gasteiger partial charge in [-0.2, -0.15) is 0 Å². The highest BCUT2D eigenvalue weighted by Crippen LogP contribution is 2.16. The minimum Gasteiger partial charge on any atom is -0.399 e. The normalized spacial score (nSPS) is 11.5. The van der Waals surface area contributed by atoms with Crippen LogP contribution in [0.5, 0.6) is 0 Å². The average molecular weight is 231 g/mol. The number of aryl methyl sites for hydroxylation is 1. The summed E-state index contributed by atoms with van der Waals surface area (Å²) in [7, 11) is 1.57. The summed E-state index contributed by atoms with van der Waals surface area (Å²) in [5.74, 6) is 0. The van der Waals surface area contributed by atoms with Crippen LogP contribution in [0.4, 0.5) is 0 Å². The van der Waals surface area contributed by atoms with E-state index in [1.165, 1.54) is 5.56 Å². The summed E-state index contributed by atoms with van der Waals surface area (Å²) in [6.07, 6.45) is 0. The third-order valence-electron chi connectivity index (χ3n) is 2.26. The van der Waals surface area contributed by atoms with Crippen LogP contribution in [0, 0.1) is 6.92 Å². The number of benzene rings is 1. The molecule has 0 radical (unpaired) electrons. The van der Waals surface area contributed by atoms with Crippen LogP contribution in [0.15, 0.2) is 46.9 Å². The van der Waals surface area contributed by atoms with Crippen LogP contribution >= 0.6 is 11.3 Å². The Morgan fingerprint density at radius 3 is 2.50 bits per heavy atom. The lowest BCUT2D eigenvalue weighted by molar-refractivity contribution is 0.214. The molecule has 0 N–H and O–H groups in total. The summed E-state index contributed by atoms with van der Waals surface area (Å²) < 4.78 is 0. The van der Waals surface area contributed by atoms with Crippen molar-refractivity contribution in [2.75, 3.05) is 7.11 Å². The highest BCUT2D eigenvalue weighted by atomic mass is 32.1. The predicted octanol–water partition coefficient (Wildman–Crippen LogP) is 3.46. The third kappa shape index (κ3) is 2.31. The molecule has 3 heteroatoms. The Morgan fingerprint density at radius 1 is 1.19 bits per heavy atom. The molecule has 0 atom stereocenters. The van der Waals surface area contributed by atoms with Crippen LogP contribution in [0.1, 0.15) is 16.0 Å². The van der Waals surface area contributed by atoms with E-state index in [4.69, 9.17) is 4.84 Å². The number of rotatable bonds is 3. The van der Waals surface area contributed by atoms with Crippen molar-refractivity contribution < 1.29 is 4.84 Å². The van der Waals surface area contributed by atoms with E-state index >= 15 is 0 Å². The second-order valence-corrected chi connectivity index (χ2v) is 4.41. The maximum Gasteiger partial charge on any atom is 0.127 e. The second kappa shape index (κ2) is 4.94. The zero-order valence-corrected chi connectivity index (χ0v) is 10.1. The van der Waals surface area contributed by atoms with Gasteiger partial charge in [0, 0.05) is 5.56 Å². The van der Waals surface area contributed by atoms with Crippen LogP contribution in [-0.2, 0) is 4.84 Å². The highest BCUT2D eigenvalue weighted by Gasteiger charge is 2.08. The van der Waals surface area contributed by atoms with Gasteiger partial charge in [-0.15, -0.1) is 11.3 Å². The maximum absolute atomic E-state index is 4.91. The van der Waals surface area contributed by atoms with Gasteiger partial charge < -0.3 is 4.84 Å². The molecule has 2 nitrogen and oxygen atoms in total. The molecule has 0 spiro atoms. The van der Waals surface area contributed by atoms with Gasteiger partial charge >= 0.3 is 0 Å². The van der Waals surface area contributed by atoms with E-state index in [2.05, 4.69) is 36.3 Å². The van der Waals surface area contributed by atoms with E-state index in [9.17, 15) is 0 Å². The molecule has 0 unspecified atom stereocenters. The third-order valence-corrected chi connectivity index (χ3v) is 3.14. The molecule has 0 amide bonds. The minimum absolute atomic E-state index is 0.887. The average Bonchev–Trinajstić information content (AvgIpc) is 2.81. The molecule has 0 saturated carbocycles. The molecular formula is C13H13NOS. The van der Waals surface area contributed by atoms with Gasteiger partial charge in [0.25, 0.3) is 0 Å². The SMILES string of the molecule is CO/N=C(\c1ccc(C)cc1)c1cccs1. The number of hydrogen-bond acceptors (Lipinski definition) is 3. The van der Waals surface area contributed by atoms with Crippen molar-refractivity contribution in [1.82, 2.24) is 0 Å². The topological polar surface area (TPSA) is 21.6 Å². The highest BCUT2D eigenvalue weighted by molar-refractivity contribution is 7.12. The molecule has 0 aliphatic carbocycles. The number of oxime groups is 1. The molecule has 0 aliphatic heterocycles. The van der Waals surface area contributed by atoms with E-state index in [0.29, 0.717) is 0 Å². The first kappa shape index (κ1) is 10.9. The van der Waals surface area contributed by atoms with Crippen LogP contribution in [0.3, 0.4) is 0 Å². The quantitative estimate of drug-likeness (QED) is 0.585. The molecule has 0 fully saturated rings. The summed E-state index contributed by atoms with van der Waals surface area (Å²) in [6, 6.07) is 12.3. The Labute approximate surface area is 99.2 Å². The van der Waals surface area contributed by atoms with Gasteiger partial charge in [0.2, 0.25) is 0 Å². The molecule has 1 aromatic heterocycles. The molecule has 82 valence electrons. The second-order valence-electron chi connectivity index (χ2n) is 3.47. The molecule has 0 aliphatic rings. The Bertz CT molecular complexity index is 471. The van der Waals surface area contributed by atoms with Gasteiger partial charge in [-0.25, -0.2) is 0 Å². The number of nitrogens with zero attached hydrogens (tertiary/aromatic N) is 1. The van der Waals surface area contributed by atoms with Crippen molar-refractivity contribution in [3.63, 3.8) is 0 Å². The van der Waals surface area contributed by atoms with Crippen LogP contribution in [0.25, 0.3) is 0 Å². The molecule has 16 heavy (non-hydrogen) atoms. The van der Waals surface area contributed by atoms with E-state index in [1.54, 1.807) is 18.4 Å². The van der Waals surface area contributed by atoms with Crippen molar-refractivity contribution in [1.29, 1.82) is 0 Å². The first-order valence-electron chi connectivity index (χ1n) is 5.03. The van der Waals surface area contributed by atoms with Crippen LogP contribution < -0.4 is 0 Å². The lowest BCUT2D eigenvalue weighted by atomic mass is 10.1. The van der Waals surface area contributed by atoms with Crippen molar-refractivity contribution in [2.45, 2.75) is 6.92 Å². The zero-order valence-electron chi connectivity index (χ0n) is 9.31. The molecule has 1 heterocycles. The lowest BCUT2D eigenvalue weighted by Crippen LogP contribution is -2.01. The fourth-order valence-corrected chi connectivity index (χ4v) is 2.18. The van der Waals surface area contributed by atoms with Crippen molar-refractivity contribution in [3.05, 3.63) is 57.8 Å². The Kier molecular flexibility index (Phi) is 3.37. The van der Waals surface area contributed by atoms with E-state index in [-0.39, 0.29) is 0 Å². The van der Waals surface area contributed by atoms with Gasteiger partial charge in [-0.1, -0.05) is 41.1 Å². The van der Waals surface area contributed by atoms with Gasteiger partial charge in [-0.05, 0) is 18.4 Å². The first-order chi connectivity index (χ1) is 7.81. The summed E-state index contributed by atoms with van der Waals surface area (Å²) in [5, 5.41) is 6.13. The molecule has 0 saturated heterocycles. The Morgan fingerprint density at radius 2 is 1.94 bits per heavy atom. The van der Waals surface area contributed by atoms with E-state index < -0.39 is 0 Å². The van der Waals surface area contributed by atoms with E-state index in [0.717, 1.165) is 16.2 Å². The molecule has 0 bridgehead atoms. The summed E-state index contributed by atoms with van der Waals surface area (Å²) in [5.41, 5.74) is 3.21. The van der Waals surface area contributed by atoms with Crippen molar-refractivity contribution in [2.24, 2.45) is 5.16 Å². The standard InChI is InChI=1S/C13H13NOS/c1-10-5-7-11(8-6-10)13(14-15-2)12-4-3-9-16-12/h3-9H,1-2H3/b14-13+. The summed E-state index contributed by atoms with van der Waals surface area (Å²) in [6.45, 7) is 2.07. The van der Waals surface area contributed by atoms with Gasteiger partial charge in [0.05, 0.1) is 4.88 Å². The van der Waals surface area contributed by atoms with E-state index in [1.807, 2.05) is 17.5 Å². The van der Waals surface area contributed by atoms with Crippen LogP contribution in [0.2, 0.25) is 0 Å². The smallest absolute Gasteiger partial charge is 0.127 e. The van der Waals surface area contributed by atoms with Crippen molar-refractivity contribution in [3.8, 4) is 0 Å². The van der Waals surface area contributed by atoms with Crippen molar-refractivity contribution >= 4 is 17.0 Å². The van der Waals surface area contributed by atoms with Gasteiger partial charge in [0.15, 0.2) is 0 Å². The first-order valence-corrected chi connectivity index (χ1v) is 5.91. The Hall–Kier alpha value is -1.61. The molecular weight excluding hydrogens is 218 g/mol. The Balaban J connectivity index is 2.41. The summed E-state index contributed by atoms with van der Waals surface area (Å²) in [4.78, 5) is 6.02. The lowest BCUT2D eigenvalue weighted by Gasteiger charge is -2.03. The molecule has 1 aromatic carbocycles. The predicted molar refractivity (Wildman–Crippen MR) is 68.1 cm³/mol. The van der Waals surface area contributed by atoms with Crippen LogP contribution in [-0.4, -0.2) is 12.8 Å². The zero-order chi connectivity index (χ0) is 11.4. The molecule has 2 rings (SSSR count). The fraction of sp³-hybridized carbons (Fsp3) is 0.154. The minimum atomic E-state index is 0.887. The molecule has 2 aromatic rings. The largest absolute Gasteiger partial charge is 0.399 e.